The van der Waals surface area contributed by atoms with Gasteiger partial charge in [-0.15, -0.1) is 6.58 Å². The van der Waals surface area contributed by atoms with Gasteiger partial charge in [-0.25, -0.2) is 18.1 Å². The summed E-state index contributed by atoms with van der Waals surface area (Å²) in [6, 6.07) is 6.55. The van der Waals surface area contributed by atoms with Crippen LogP contribution in [0.1, 0.15) is 5.56 Å². The third kappa shape index (κ3) is 4.72. The average molecular weight is 282 g/mol. The maximum absolute atomic E-state index is 11.6. The standard InChI is InChI=1S/C12H18N4O2S/c1-3-7-15-12(13)16-9-10-5-4-6-11(8-10)19(17,18)14-2/h3-6,8,14H,1,7,9H2,2H3,(H3,13,15,16). The molecule has 0 heterocycles. The van der Waals surface area contributed by atoms with Gasteiger partial charge in [0.15, 0.2) is 5.96 Å². The van der Waals surface area contributed by atoms with Gasteiger partial charge in [-0.2, -0.15) is 0 Å². The molecule has 1 rings (SSSR count). The monoisotopic (exact) mass is 282 g/mol. The molecule has 19 heavy (non-hydrogen) atoms. The molecule has 0 atom stereocenters. The maximum atomic E-state index is 11.6. The third-order valence-corrected chi connectivity index (χ3v) is 3.75. The van der Waals surface area contributed by atoms with E-state index in [9.17, 15) is 8.42 Å². The fourth-order valence-electron chi connectivity index (χ4n) is 1.34. The molecule has 0 saturated carbocycles. The predicted molar refractivity (Wildman–Crippen MR) is 76.2 cm³/mol. The number of sulfonamides is 1. The Labute approximate surface area is 113 Å². The molecular weight excluding hydrogens is 264 g/mol. The lowest BCUT2D eigenvalue weighted by Gasteiger charge is -2.05. The van der Waals surface area contributed by atoms with Crippen LogP contribution in [0, 0.1) is 0 Å². The molecule has 0 aliphatic heterocycles. The first kappa shape index (κ1) is 15.2. The van der Waals surface area contributed by atoms with Crippen LogP contribution >= 0.6 is 0 Å². The zero-order valence-electron chi connectivity index (χ0n) is 10.8. The van der Waals surface area contributed by atoms with Gasteiger partial charge >= 0.3 is 0 Å². The van der Waals surface area contributed by atoms with Crippen molar-refractivity contribution in [1.29, 1.82) is 0 Å². The topological polar surface area (TPSA) is 96.6 Å². The second-order valence-corrected chi connectivity index (χ2v) is 5.61. The Balaban J connectivity index is 2.81. The van der Waals surface area contributed by atoms with E-state index in [0.29, 0.717) is 19.0 Å². The van der Waals surface area contributed by atoms with Gasteiger partial charge < -0.3 is 11.1 Å². The van der Waals surface area contributed by atoms with Gasteiger partial charge in [0.1, 0.15) is 0 Å². The first-order valence-electron chi connectivity index (χ1n) is 5.67. The summed E-state index contributed by atoms with van der Waals surface area (Å²) in [6.07, 6.45) is 1.67. The van der Waals surface area contributed by atoms with Crippen LogP contribution in [0.15, 0.2) is 46.8 Å². The van der Waals surface area contributed by atoms with Crippen LogP contribution in [-0.4, -0.2) is 28.0 Å². The molecule has 6 nitrogen and oxygen atoms in total. The lowest BCUT2D eigenvalue weighted by molar-refractivity contribution is 0.588. The van der Waals surface area contributed by atoms with Crippen molar-refractivity contribution in [2.75, 3.05) is 13.6 Å². The number of benzene rings is 1. The number of nitrogens with one attached hydrogen (secondary N) is 2. The van der Waals surface area contributed by atoms with Gasteiger partial charge in [0.2, 0.25) is 10.0 Å². The smallest absolute Gasteiger partial charge is 0.240 e. The van der Waals surface area contributed by atoms with Crippen LogP contribution in [-0.2, 0) is 16.6 Å². The lowest BCUT2D eigenvalue weighted by Crippen LogP contribution is -2.31. The minimum atomic E-state index is -3.43. The SMILES string of the molecule is C=CCNC(N)=NCc1cccc(S(=O)(=O)NC)c1. The molecule has 0 amide bonds. The highest BCUT2D eigenvalue weighted by Gasteiger charge is 2.10. The van der Waals surface area contributed by atoms with Crippen LogP contribution in [0.25, 0.3) is 0 Å². The summed E-state index contributed by atoms with van der Waals surface area (Å²) in [5.74, 6) is 0.293. The van der Waals surface area contributed by atoms with E-state index in [0.717, 1.165) is 5.56 Å². The van der Waals surface area contributed by atoms with Gasteiger partial charge in [-0.3, -0.25) is 0 Å². The average Bonchev–Trinajstić information content (AvgIpc) is 2.43. The third-order valence-electron chi connectivity index (χ3n) is 2.34. The first-order valence-corrected chi connectivity index (χ1v) is 7.15. The molecule has 7 heteroatoms. The molecule has 0 aliphatic rings. The number of rotatable bonds is 6. The molecule has 0 aromatic heterocycles. The highest BCUT2D eigenvalue weighted by molar-refractivity contribution is 7.89. The molecule has 0 unspecified atom stereocenters. The predicted octanol–water partition coefficient (Wildman–Crippen LogP) is 0.185. The Morgan fingerprint density at radius 1 is 1.53 bits per heavy atom. The molecule has 0 radical (unpaired) electrons. The van der Waals surface area contributed by atoms with Gasteiger partial charge in [-0.05, 0) is 24.7 Å². The zero-order valence-corrected chi connectivity index (χ0v) is 11.6. The van der Waals surface area contributed by atoms with Crippen LogP contribution in [0.2, 0.25) is 0 Å². The maximum Gasteiger partial charge on any atom is 0.240 e. The quantitative estimate of drug-likeness (QED) is 0.394. The Morgan fingerprint density at radius 3 is 2.89 bits per heavy atom. The molecule has 0 aliphatic carbocycles. The van der Waals surface area contributed by atoms with Crippen LogP contribution in [0.5, 0.6) is 0 Å². The fraction of sp³-hybridized carbons (Fsp3) is 0.250. The number of nitrogens with two attached hydrogens (primary N) is 1. The van der Waals surface area contributed by atoms with Gasteiger partial charge in [-0.1, -0.05) is 18.2 Å². The molecule has 4 N–H and O–H groups in total. The number of hydrogen-bond acceptors (Lipinski definition) is 3. The molecule has 0 bridgehead atoms. The van der Waals surface area contributed by atoms with Crippen molar-refractivity contribution >= 4 is 16.0 Å². The normalized spacial score (nSPS) is 12.2. The molecule has 0 saturated heterocycles. The molecule has 0 spiro atoms. The van der Waals surface area contributed by atoms with Gasteiger partial charge in [0, 0.05) is 6.54 Å². The van der Waals surface area contributed by atoms with Crippen molar-refractivity contribution < 1.29 is 8.42 Å². The lowest BCUT2D eigenvalue weighted by atomic mass is 10.2. The summed E-state index contributed by atoms with van der Waals surface area (Å²) < 4.78 is 25.5. The largest absolute Gasteiger partial charge is 0.370 e. The second-order valence-electron chi connectivity index (χ2n) is 3.73. The minimum absolute atomic E-state index is 0.209. The van der Waals surface area contributed by atoms with Crippen molar-refractivity contribution in [3.05, 3.63) is 42.5 Å². The summed E-state index contributed by atoms with van der Waals surface area (Å²) in [6.45, 7) is 4.39. The van der Waals surface area contributed by atoms with Crippen molar-refractivity contribution in [3.8, 4) is 0 Å². The van der Waals surface area contributed by atoms with Crippen molar-refractivity contribution in [2.45, 2.75) is 11.4 Å². The van der Waals surface area contributed by atoms with E-state index in [1.165, 1.54) is 13.1 Å². The van der Waals surface area contributed by atoms with E-state index in [2.05, 4.69) is 21.6 Å². The Morgan fingerprint density at radius 2 is 2.26 bits per heavy atom. The fourth-order valence-corrected chi connectivity index (χ4v) is 2.14. The summed E-state index contributed by atoms with van der Waals surface area (Å²) in [7, 11) is -2.06. The van der Waals surface area contributed by atoms with Gasteiger partial charge in [0.25, 0.3) is 0 Å². The van der Waals surface area contributed by atoms with E-state index >= 15 is 0 Å². The van der Waals surface area contributed by atoms with Crippen LogP contribution < -0.4 is 15.8 Å². The Hall–Kier alpha value is -1.86. The molecule has 1 aromatic carbocycles. The van der Waals surface area contributed by atoms with Crippen LogP contribution in [0.3, 0.4) is 0 Å². The van der Waals surface area contributed by atoms with E-state index in [4.69, 9.17) is 5.73 Å². The van der Waals surface area contributed by atoms with Crippen molar-refractivity contribution in [1.82, 2.24) is 10.0 Å². The highest BCUT2D eigenvalue weighted by Crippen LogP contribution is 2.11. The Kier molecular flexibility index (Phi) is 5.53. The zero-order chi connectivity index (χ0) is 14.3. The van der Waals surface area contributed by atoms with Crippen molar-refractivity contribution in [2.24, 2.45) is 10.7 Å². The first-order chi connectivity index (χ1) is 8.99. The second kappa shape index (κ2) is 6.91. The highest BCUT2D eigenvalue weighted by atomic mass is 32.2. The summed E-state index contributed by atoms with van der Waals surface area (Å²) in [5, 5.41) is 2.84. The van der Waals surface area contributed by atoms with E-state index in [1.807, 2.05) is 0 Å². The van der Waals surface area contributed by atoms with Crippen LogP contribution in [0.4, 0.5) is 0 Å². The van der Waals surface area contributed by atoms with Crippen molar-refractivity contribution in [3.63, 3.8) is 0 Å². The number of guanidine groups is 1. The molecular formula is C12H18N4O2S. The number of aliphatic imine (C=N–C) groups is 1. The Bertz CT molecular complexity index is 567. The van der Waals surface area contributed by atoms with E-state index < -0.39 is 10.0 Å². The number of hydrogen-bond donors (Lipinski definition) is 3. The number of nitrogens with zero attached hydrogens (tertiary/aromatic N) is 1. The molecule has 1 aromatic rings. The minimum Gasteiger partial charge on any atom is -0.370 e. The van der Waals surface area contributed by atoms with E-state index in [-0.39, 0.29) is 4.90 Å². The summed E-state index contributed by atoms with van der Waals surface area (Å²) >= 11 is 0. The summed E-state index contributed by atoms with van der Waals surface area (Å²) in [4.78, 5) is 4.31. The summed E-state index contributed by atoms with van der Waals surface area (Å²) in [5.41, 5.74) is 6.38. The molecule has 0 fully saturated rings. The molecule has 104 valence electrons. The van der Waals surface area contributed by atoms with Gasteiger partial charge in [0.05, 0.1) is 11.4 Å². The van der Waals surface area contributed by atoms with E-state index in [1.54, 1.807) is 24.3 Å².